The van der Waals surface area contributed by atoms with Gasteiger partial charge in [-0.3, -0.25) is 0 Å². The fourth-order valence-corrected chi connectivity index (χ4v) is 2.95. The van der Waals surface area contributed by atoms with Crippen molar-refractivity contribution in [1.29, 1.82) is 0 Å². The zero-order valence-electron chi connectivity index (χ0n) is 9.33. The average Bonchev–Trinajstić information content (AvgIpc) is 2.28. The molecular weight excluding hydrogens is 328 g/mol. The zero-order chi connectivity index (χ0) is 12.9. The lowest BCUT2D eigenvalue weighted by atomic mass is 10.4. The van der Waals surface area contributed by atoms with Crippen LogP contribution in [0.1, 0.15) is 6.42 Å². The number of hydrogen-bond acceptors (Lipinski definition) is 3. The second-order valence-corrected chi connectivity index (χ2v) is 6.46. The summed E-state index contributed by atoms with van der Waals surface area (Å²) >= 11 is 9.00. The van der Waals surface area contributed by atoms with Crippen molar-refractivity contribution in [2.75, 3.05) is 20.1 Å². The number of benzene rings is 1. The van der Waals surface area contributed by atoms with E-state index in [-0.39, 0.29) is 4.90 Å². The highest BCUT2D eigenvalue weighted by Crippen LogP contribution is 2.25. The number of hydrogen-bond donors (Lipinski definition) is 2. The summed E-state index contributed by atoms with van der Waals surface area (Å²) in [5, 5.41) is 3.44. The smallest absolute Gasteiger partial charge is 0.240 e. The van der Waals surface area contributed by atoms with E-state index in [1.54, 1.807) is 6.07 Å². The van der Waals surface area contributed by atoms with Crippen LogP contribution in [0.25, 0.3) is 0 Å². The van der Waals surface area contributed by atoms with Gasteiger partial charge in [0.1, 0.15) is 0 Å². The number of nitrogens with one attached hydrogen (secondary N) is 2. The Hall–Kier alpha value is -0.140. The first-order valence-electron chi connectivity index (χ1n) is 5.06. The third kappa shape index (κ3) is 4.56. The lowest BCUT2D eigenvalue weighted by molar-refractivity contribution is 0.577. The van der Waals surface area contributed by atoms with Crippen LogP contribution < -0.4 is 10.0 Å². The van der Waals surface area contributed by atoms with Crippen LogP contribution in [-0.4, -0.2) is 28.6 Å². The van der Waals surface area contributed by atoms with Gasteiger partial charge in [0.25, 0.3) is 0 Å². The molecule has 7 heteroatoms. The molecule has 2 N–H and O–H groups in total. The molecule has 0 aliphatic heterocycles. The second-order valence-electron chi connectivity index (χ2n) is 3.43. The van der Waals surface area contributed by atoms with Crippen molar-refractivity contribution < 1.29 is 8.42 Å². The fourth-order valence-electron chi connectivity index (χ4n) is 1.20. The molecule has 0 atom stereocenters. The maximum Gasteiger partial charge on any atom is 0.240 e. The maximum absolute atomic E-state index is 11.9. The third-order valence-corrected chi connectivity index (χ3v) is 4.77. The minimum absolute atomic E-state index is 0.207. The Bertz CT molecular complexity index is 479. The molecule has 0 amide bonds. The summed E-state index contributed by atoms with van der Waals surface area (Å²) in [6, 6.07) is 4.52. The zero-order valence-corrected chi connectivity index (χ0v) is 12.5. The van der Waals surface area contributed by atoms with Gasteiger partial charge in [0, 0.05) is 11.0 Å². The third-order valence-electron chi connectivity index (χ3n) is 2.10. The predicted octanol–water partition coefficient (Wildman–Crippen LogP) is 1.99. The van der Waals surface area contributed by atoms with Crippen LogP contribution in [0.3, 0.4) is 0 Å². The van der Waals surface area contributed by atoms with E-state index in [1.807, 2.05) is 7.05 Å². The molecule has 0 saturated carbocycles. The largest absolute Gasteiger partial charge is 0.320 e. The topological polar surface area (TPSA) is 58.2 Å². The molecule has 1 aromatic carbocycles. The van der Waals surface area contributed by atoms with Gasteiger partial charge in [-0.25, -0.2) is 13.1 Å². The Kier molecular flexibility index (Phi) is 5.88. The Morgan fingerprint density at radius 2 is 2.06 bits per heavy atom. The van der Waals surface area contributed by atoms with Gasteiger partial charge in [0.05, 0.1) is 9.92 Å². The second kappa shape index (κ2) is 6.70. The van der Waals surface area contributed by atoms with E-state index >= 15 is 0 Å². The minimum Gasteiger partial charge on any atom is -0.320 e. The van der Waals surface area contributed by atoms with Crippen molar-refractivity contribution in [3.05, 3.63) is 27.7 Å². The number of sulfonamides is 1. The summed E-state index contributed by atoms with van der Waals surface area (Å²) in [6.45, 7) is 1.18. The lowest BCUT2D eigenvalue weighted by Gasteiger charge is -2.07. The molecule has 0 saturated heterocycles. The van der Waals surface area contributed by atoms with Gasteiger partial charge in [0.2, 0.25) is 10.0 Å². The molecule has 96 valence electrons. The van der Waals surface area contributed by atoms with Crippen molar-refractivity contribution in [3.8, 4) is 0 Å². The molecule has 0 aromatic heterocycles. The molecule has 0 radical (unpaired) electrons. The van der Waals surface area contributed by atoms with Gasteiger partial charge in [-0.2, -0.15) is 0 Å². The molecule has 0 aliphatic carbocycles. The van der Waals surface area contributed by atoms with Crippen LogP contribution in [0.4, 0.5) is 0 Å². The van der Waals surface area contributed by atoms with E-state index in [4.69, 9.17) is 11.6 Å². The van der Waals surface area contributed by atoms with Crippen LogP contribution in [0.5, 0.6) is 0 Å². The summed E-state index contributed by atoms with van der Waals surface area (Å²) in [5.74, 6) is 0. The normalized spacial score (nSPS) is 11.7. The lowest BCUT2D eigenvalue weighted by Crippen LogP contribution is -2.26. The molecule has 0 bridgehead atoms. The molecule has 1 rings (SSSR count). The summed E-state index contributed by atoms with van der Waals surface area (Å²) < 4.78 is 26.8. The van der Waals surface area contributed by atoms with Crippen molar-refractivity contribution in [2.45, 2.75) is 11.3 Å². The summed E-state index contributed by atoms with van der Waals surface area (Å²) in [5.41, 5.74) is 0. The molecule has 0 spiro atoms. The Morgan fingerprint density at radius 1 is 1.35 bits per heavy atom. The predicted molar refractivity (Wildman–Crippen MR) is 72.9 cm³/mol. The highest BCUT2D eigenvalue weighted by atomic mass is 79.9. The molecule has 17 heavy (non-hydrogen) atoms. The van der Waals surface area contributed by atoms with Crippen LogP contribution >= 0.6 is 27.5 Å². The Balaban J connectivity index is 2.72. The quantitative estimate of drug-likeness (QED) is 0.778. The van der Waals surface area contributed by atoms with Crippen molar-refractivity contribution in [3.63, 3.8) is 0 Å². The van der Waals surface area contributed by atoms with Crippen molar-refractivity contribution in [2.24, 2.45) is 0 Å². The van der Waals surface area contributed by atoms with Crippen molar-refractivity contribution in [1.82, 2.24) is 10.0 Å². The minimum atomic E-state index is -3.45. The highest BCUT2D eigenvalue weighted by Gasteiger charge is 2.14. The summed E-state index contributed by atoms with van der Waals surface area (Å²) in [6.07, 6.45) is 0.741. The SMILES string of the molecule is CNCCCNS(=O)(=O)c1ccc(Cl)c(Br)c1. The van der Waals surface area contributed by atoms with Crippen LogP contribution in [0.2, 0.25) is 5.02 Å². The monoisotopic (exact) mass is 340 g/mol. The first-order valence-corrected chi connectivity index (χ1v) is 7.72. The van der Waals surface area contributed by atoms with Gasteiger partial charge in [-0.1, -0.05) is 11.6 Å². The van der Waals surface area contributed by atoms with Gasteiger partial charge in [0.15, 0.2) is 0 Å². The van der Waals surface area contributed by atoms with E-state index in [9.17, 15) is 8.42 Å². The molecule has 0 fully saturated rings. The first kappa shape index (κ1) is 14.9. The standard InChI is InChI=1S/C10H14BrClN2O2S/c1-13-5-2-6-14-17(15,16)8-3-4-10(12)9(11)7-8/h3-4,7,13-14H,2,5-6H2,1H3. The fraction of sp³-hybridized carbons (Fsp3) is 0.400. The average molecular weight is 342 g/mol. The van der Waals surface area contributed by atoms with E-state index < -0.39 is 10.0 Å². The van der Waals surface area contributed by atoms with Crippen LogP contribution in [-0.2, 0) is 10.0 Å². The molecule has 1 aromatic rings. The summed E-state index contributed by atoms with van der Waals surface area (Å²) in [4.78, 5) is 0.207. The van der Waals surface area contributed by atoms with E-state index in [0.29, 0.717) is 16.0 Å². The first-order chi connectivity index (χ1) is 7.97. The summed E-state index contributed by atoms with van der Waals surface area (Å²) in [7, 11) is -1.62. The number of rotatable bonds is 6. The van der Waals surface area contributed by atoms with Gasteiger partial charge in [-0.15, -0.1) is 0 Å². The highest BCUT2D eigenvalue weighted by molar-refractivity contribution is 9.10. The maximum atomic E-state index is 11.9. The molecule has 0 unspecified atom stereocenters. The number of halogens is 2. The van der Waals surface area contributed by atoms with Gasteiger partial charge < -0.3 is 5.32 Å². The van der Waals surface area contributed by atoms with Crippen LogP contribution in [0, 0.1) is 0 Å². The van der Waals surface area contributed by atoms with Crippen LogP contribution in [0.15, 0.2) is 27.6 Å². The molecule has 0 aliphatic rings. The Labute approximate surface area is 115 Å². The van der Waals surface area contributed by atoms with E-state index in [1.165, 1.54) is 12.1 Å². The van der Waals surface area contributed by atoms with Gasteiger partial charge >= 0.3 is 0 Å². The van der Waals surface area contributed by atoms with Gasteiger partial charge in [-0.05, 0) is 54.1 Å². The van der Waals surface area contributed by atoms with E-state index in [2.05, 4.69) is 26.0 Å². The van der Waals surface area contributed by atoms with Crippen molar-refractivity contribution >= 4 is 37.6 Å². The molecule has 4 nitrogen and oxygen atoms in total. The Morgan fingerprint density at radius 3 is 2.65 bits per heavy atom. The molecular formula is C10H14BrClN2O2S. The van der Waals surface area contributed by atoms with E-state index in [0.717, 1.165) is 13.0 Å². The molecule has 0 heterocycles.